The van der Waals surface area contributed by atoms with Crippen LogP contribution >= 0.6 is 0 Å². The van der Waals surface area contributed by atoms with Crippen LogP contribution in [-0.4, -0.2) is 0 Å². The fraction of sp³-hybridized carbons (Fsp3) is 0.278. The highest BCUT2D eigenvalue weighted by Crippen LogP contribution is 2.24. The first-order valence-electron chi connectivity index (χ1n) is 6.81. The van der Waals surface area contributed by atoms with E-state index >= 15 is 0 Å². The summed E-state index contributed by atoms with van der Waals surface area (Å²) in [7, 11) is 0. The second kappa shape index (κ2) is 5.97. The summed E-state index contributed by atoms with van der Waals surface area (Å²) < 4.78 is 19.0. The zero-order chi connectivity index (χ0) is 15.5. The summed E-state index contributed by atoms with van der Waals surface area (Å²) in [5.74, 6) is 0.307. The number of hydrogen-bond donors (Lipinski definition) is 0. The van der Waals surface area contributed by atoms with E-state index in [1.54, 1.807) is 6.07 Å². The first kappa shape index (κ1) is 15.1. The van der Waals surface area contributed by atoms with Crippen molar-refractivity contribution in [3.63, 3.8) is 0 Å². The first-order chi connectivity index (χ1) is 9.88. The van der Waals surface area contributed by atoms with Crippen molar-refractivity contribution in [1.29, 1.82) is 5.26 Å². The van der Waals surface area contributed by atoms with E-state index < -0.39 is 5.82 Å². The topological polar surface area (TPSA) is 33.0 Å². The maximum Gasteiger partial charge on any atom is 0.124 e. The molecule has 2 nitrogen and oxygen atoms in total. The SMILES string of the molecule is CC(C)(C)c1ccc(OCc2cc(F)cc(C#N)c2)cc1. The van der Waals surface area contributed by atoms with Gasteiger partial charge >= 0.3 is 0 Å². The summed E-state index contributed by atoms with van der Waals surface area (Å²) in [6.07, 6.45) is 0. The summed E-state index contributed by atoms with van der Waals surface area (Å²) in [5, 5.41) is 8.82. The minimum absolute atomic E-state index is 0.1000. The van der Waals surface area contributed by atoms with Crippen molar-refractivity contribution in [3.8, 4) is 11.8 Å². The quantitative estimate of drug-likeness (QED) is 0.826. The van der Waals surface area contributed by atoms with Crippen molar-refractivity contribution in [2.24, 2.45) is 0 Å². The van der Waals surface area contributed by atoms with Crippen LogP contribution in [0, 0.1) is 17.1 Å². The van der Waals surface area contributed by atoms with Crippen molar-refractivity contribution in [2.45, 2.75) is 32.8 Å². The lowest BCUT2D eigenvalue weighted by Gasteiger charge is -2.19. The van der Waals surface area contributed by atoms with E-state index in [1.807, 2.05) is 30.3 Å². The molecule has 0 aliphatic rings. The Morgan fingerprint density at radius 3 is 2.33 bits per heavy atom. The van der Waals surface area contributed by atoms with Crippen LogP contribution in [0.25, 0.3) is 0 Å². The number of nitriles is 1. The van der Waals surface area contributed by atoms with E-state index in [1.165, 1.54) is 17.7 Å². The van der Waals surface area contributed by atoms with Crippen LogP contribution < -0.4 is 4.74 Å². The van der Waals surface area contributed by atoms with E-state index in [9.17, 15) is 4.39 Å². The molecule has 0 atom stereocenters. The molecule has 0 saturated carbocycles. The van der Waals surface area contributed by atoms with Gasteiger partial charge in [0, 0.05) is 0 Å². The lowest BCUT2D eigenvalue weighted by molar-refractivity contribution is 0.305. The molecule has 0 amide bonds. The number of hydrogen-bond acceptors (Lipinski definition) is 2. The Hall–Kier alpha value is -2.34. The molecule has 2 rings (SSSR count). The first-order valence-corrected chi connectivity index (χ1v) is 6.81. The molecule has 0 saturated heterocycles. The predicted octanol–water partition coefficient (Wildman–Crippen LogP) is 4.57. The van der Waals surface area contributed by atoms with Gasteiger partial charge in [0.15, 0.2) is 0 Å². The molecule has 0 aliphatic carbocycles. The molecule has 0 bridgehead atoms. The van der Waals surface area contributed by atoms with Gasteiger partial charge < -0.3 is 4.74 Å². The molecule has 0 unspecified atom stereocenters. The highest BCUT2D eigenvalue weighted by molar-refractivity contribution is 5.34. The molecule has 3 heteroatoms. The van der Waals surface area contributed by atoms with Gasteiger partial charge in [0.1, 0.15) is 18.2 Å². The van der Waals surface area contributed by atoms with Crippen LogP contribution in [0.2, 0.25) is 0 Å². The molecule has 2 aromatic rings. The van der Waals surface area contributed by atoms with Crippen LogP contribution in [-0.2, 0) is 12.0 Å². The van der Waals surface area contributed by atoms with E-state index in [0.717, 1.165) is 5.75 Å². The third kappa shape index (κ3) is 4.06. The minimum Gasteiger partial charge on any atom is -0.489 e. The molecule has 2 aromatic carbocycles. The fourth-order valence-corrected chi connectivity index (χ4v) is 2.02. The summed E-state index contributed by atoms with van der Waals surface area (Å²) >= 11 is 0. The molecule has 108 valence electrons. The molecule has 0 fully saturated rings. The predicted molar refractivity (Wildman–Crippen MR) is 80.6 cm³/mol. The Kier molecular flexibility index (Phi) is 4.28. The average molecular weight is 283 g/mol. The fourth-order valence-electron chi connectivity index (χ4n) is 2.02. The molecule has 0 aliphatic heterocycles. The van der Waals surface area contributed by atoms with Gasteiger partial charge in [-0.3, -0.25) is 0 Å². The highest BCUT2D eigenvalue weighted by atomic mass is 19.1. The lowest BCUT2D eigenvalue weighted by Crippen LogP contribution is -2.10. The Morgan fingerprint density at radius 1 is 1.10 bits per heavy atom. The number of ether oxygens (including phenoxy) is 1. The van der Waals surface area contributed by atoms with Gasteiger partial charge in [0.25, 0.3) is 0 Å². The number of benzene rings is 2. The van der Waals surface area contributed by atoms with Crippen LogP contribution in [0.5, 0.6) is 5.75 Å². The third-order valence-corrected chi connectivity index (χ3v) is 3.21. The summed E-state index contributed by atoms with van der Waals surface area (Å²) in [5.41, 5.74) is 2.28. The normalized spacial score (nSPS) is 11.0. The number of nitrogens with zero attached hydrogens (tertiary/aromatic N) is 1. The second-order valence-electron chi connectivity index (χ2n) is 6.02. The van der Waals surface area contributed by atoms with Crippen molar-refractivity contribution in [2.75, 3.05) is 0 Å². The van der Waals surface area contributed by atoms with E-state index in [0.29, 0.717) is 11.1 Å². The van der Waals surface area contributed by atoms with Gasteiger partial charge in [-0.15, -0.1) is 0 Å². The van der Waals surface area contributed by atoms with Crippen LogP contribution in [0.15, 0.2) is 42.5 Å². The van der Waals surface area contributed by atoms with Crippen molar-refractivity contribution >= 4 is 0 Å². The van der Waals surface area contributed by atoms with Gasteiger partial charge in [-0.05, 0) is 46.9 Å². The maximum atomic E-state index is 13.3. The molecule has 0 aromatic heterocycles. The molecule has 0 radical (unpaired) electrons. The average Bonchev–Trinajstić information content (AvgIpc) is 2.44. The summed E-state index contributed by atoms with van der Waals surface area (Å²) in [6.45, 7) is 6.69. The second-order valence-corrected chi connectivity index (χ2v) is 6.02. The van der Waals surface area contributed by atoms with Crippen molar-refractivity contribution in [1.82, 2.24) is 0 Å². The van der Waals surface area contributed by atoms with Gasteiger partial charge in [0.2, 0.25) is 0 Å². The smallest absolute Gasteiger partial charge is 0.124 e. The maximum absolute atomic E-state index is 13.3. The number of rotatable bonds is 3. The Bertz CT molecular complexity index is 663. The van der Waals surface area contributed by atoms with Crippen LogP contribution in [0.3, 0.4) is 0 Å². The monoisotopic (exact) mass is 283 g/mol. The minimum atomic E-state index is -0.421. The Balaban J connectivity index is 2.07. The summed E-state index contributed by atoms with van der Waals surface area (Å²) in [4.78, 5) is 0. The molecule has 0 spiro atoms. The highest BCUT2D eigenvalue weighted by Gasteiger charge is 2.13. The Labute approximate surface area is 124 Å². The zero-order valence-corrected chi connectivity index (χ0v) is 12.5. The van der Waals surface area contributed by atoms with Crippen LogP contribution in [0.4, 0.5) is 4.39 Å². The largest absolute Gasteiger partial charge is 0.489 e. The third-order valence-electron chi connectivity index (χ3n) is 3.21. The van der Waals surface area contributed by atoms with E-state index in [-0.39, 0.29) is 12.0 Å². The number of halogens is 1. The zero-order valence-electron chi connectivity index (χ0n) is 12.5. The molecular weight excluding hydrogens is 265 g/mol. The van der Waals surface area contributed by atoms with Crippen LogP contribution in [0.1, 0.15) is 37.5 Å². The summed E-state index contributed by atoms with van der Waals surface area (Å²) in [6, 6.07) is 14.0. The van der Waals surface area contributed by atoms with Gasteiger partial charge in [0.05, 0.1) is 11.6 Å². The van der Waals surface area contributed by atoms with Gasteiger partial charge in [-0.1, -0.05) is 32.9 Å². The molecular formula is C18H18FNO. The van der Waals surface area contributed by atoms with Crippen molar-refractivity contribution < 1.29 is 9.13 Å². The van der Waals surface area contributed by atoms with Gasteiger partial charge in [-0.2, -0.15) is 5.26 Å². The molecule has 0 N–H and O–H groups in total. The van der Waals surface area contributed by atoms with Gasteiger partial charge in [-0.25, -0.2) is 4.39 Å². The van der Waals surface area contributed by atoms with E-state index in [2.05, 4.69) is 20.8 Å². The standard InChI is InChI=1S/C18H18FNO/c1-18(2,3)15-4-6-17(7-5-15)21-12-14-8-13(11-20)9-16(19)10-14/h4-10H,12H2,1-3H3. The lowest BCUT2D eigenvalue weighted by atomic mass is 9.87. The Morgan fingerprint density at radius 2 is 1.76 bits per heavy atom. The van der Waals surface area contributed by atoms with Crippen molar-refractivity contribution in [3.05, 3.63) is 65.0 Å². The molecule has 21 heavy (non-hydrogen) atoms. The van der Waals surface area contributed by atoms with E-state index in [4.69, 9.17) is 10.00 Å². The molecule has 0 heterocycles.